The molecular weight excluding hydrogens is 194 g/mol. The Morgan fingerprint density at radius 3 is 3.00 bits per heavy atom. The molecule has 54 valence electrons. The van der Waals surface area contributed by atoms with Gasteiger partial charge in [-0.05, 0) is 12.1 Å². The average Bonchev–Trinajstić information content (AvgIpc) is 1.78. The van der Waals surface area contributed by atoms with Crippen molar-refractivity contribution >= 4 is 21.6 Å². The predicted molar refractivity (Wildman–Crippen MR) is 45.1 cm³/mol. The van der Waals surface area contributed by atoms with Crippen LogP contribution in [0.1, 0.15) is 4.11 Å². The van der Waals surface area contributed by atoms with Gasteiger partial charge in [0.15, 0.2) is 0 Å². The van der Waals surface area contributed by atoms with E-state index in [0.717, 1.165) is 0 Å². The second-order valence-electron chi connectivity index (χ2n) is 1.82. The van der Waals surface area contributed by atoms with Gasteiger partial charge in [-0.2, -0.15) is 0 Å². The summed E-state index contributed by atoms with van der Waals surface area (Å²) in [7, 11) is -2.44. The van der Waals surface area contributed by atoms with E-state index in [0.29, 0.717) is 10.2 Å². The Balaban J connectivity index is 2.90. The summed E-state index contributed by atoms with van der Waals surface area (Å²) in [5.41, 5.74) is 5.94. The van der Waals surface area contributed by atoms with E-state index in [2.05, 4.69) is 20.7 Å². The first-order valence-electron chi connectivity index (χ1n) is 4.12. The number of halogens is 1. The molecule has 0 bridgehead atoms. The first kappa shape index (κ1) is 4.23. The number of hydrogen-bond acceptors (Lipinski definition) is 2. The number of benzene rings is 1. The standard InChI is InChI=1S/C7H8BrNO/c1-10-7-3-5(8)2-6(9)4-7/h2-4H,9H2,1H3/i1D3. The van der Waals surface area contributed by atoms with Crippen molar-refractivity contribution in [2.75, 3.05) is 12.8 Å². The van der Waals surface area contributed by atoms with Gasteiger partial charge in [0.2, 0.25) is 0 Å². The fourth-order valence-corrected chi connectivity index (χ4v) is 1.13. The van der Waals surface area contributed by atoms with Crippen LogP contribution in [-0.2, 0) is 0 Å². The van der Waals surface area contributed by atoms with Crippen LogP contribution in [0.5, 0.6) is 5.75 Å². The molecule has 0 saturated carbocycles. The minimum absolute atomic E-state index is 0.229. The van der Waals surface area contributed by atoms with Crippen molar-refractivity contribution < 1.29 is 8.85 Å². The number of hydrogen-bond donors (Lipinski definition) is 1. The third-order valence-corrected chi connectivity index (χ3v) is 1.47. The Kier molecular flexibility index (Phi) is 1.24. The molecule has 1 aromatic carbocycles. The van der Waals surface area contributed by atoms with Crippen molar-refractivity contribution in [3.63, 3.8) is 0 Å². The molecule has 0 aliphatic heterocycles. The molecule has 2 nitrogen and oxygen atoms in total. The zero-order valence-corrected chi connectivity index (χ0v) is 6.68. The van der Waals surface area contributed by atoms with E-state index in [9.17, 15) is 0 Å². The maximum atomic E-state index is 6.87. The van der Waals surface area contributed by atoms with Crippen LogP contribution < -0.4 is 10.5 Å². The molecule has 0 heterocycles. The molecule has 3 heteroatoms. The highest BCUT2D eigenvalue weighted by molar-refractivity contribution is 9.10. The molecule has 10 heavy (non-hydrogen) atoms. The molecule has 1 rings (SSSR count). The maximum absolute atomic E-state index is 6.87. The Morgan fingerprint density at radius 1 is 1.60 bits per heavy atom. The first-order valence-corrected chi connectivity index (χ1v) is 3.41. The molecule has 1 aromatic rings. The number of rotatable bonds is 1. The van der Waals surface area contributed by atoms with Crippen molar-refractivity contribution in [1.82, 2.24) is 0 Å². The maximum Gasteiger partial charge on any atom is 0.122 e. The third kappa shape index (κ3) is 1.64. The molecule has 0 atom stereocenters. The SMILES string of the molecule is [2H]C([2H])([2H])Oc1cc(N)cc(Br)c1. The molecule has 0 aliphatic carbocycles. The molecule has 2 N–H and O–H groups in total. The average molecular weight is 205 g/mol. The predicted octanol–water partition coefficient (Wildman–Crippen LogP) is 2.04. The Hall–Kier alpha value is -0.700. The summed E-state index contributed by atoms with van der Waals surface area (Å²) in [5.74, 6) is 0.229. The lowest BCUT2D eigenvalue weighted by Crippen LogP contribution is -1.87. The van der Waals surface area contributed by atoms with E-state index in [1.165, 1.54) is 6.07 Å². The summed E-state index contributed by atoms with van der Waals surface area (Å²) in [4.78, 5) is 0. The van der Waals surface area contributed by atoms with Crippen LogP contribution in [0.25, 0.3) is 0 Å². The second kappa shape index (κ2) is 2.92. The summed E-state index contributed by atoms with van der Waals surface area (Å²) in [6, 6.07) is 4.66. The van der Waals surface area contributed by atoms with E-state index >= 15 is 0 Å². The molecule has 0 spiro atoms. The molecular formula is C7H8BrNO. The summed E-state index contributed by atoms with van der Waals surface area (Å²) in [6.45, 7) is 0. The molecule has 0 radical (unpaired) electrons. The van der Waals surface area contributed by atoms with Crippen molar-refractivity contribution in [2.24, 2.45) is 0 Å². The number of ether oxygens (including phenoxy) is 1. The Labute approximate surface area is 72.3 Å². The summed E-state index contributed by atoms with van der Waals surface area (Å²) in [5, 5.41) is 0. The highest BCUT2D eigenvalue weighted by atomic mass is 79.9. The van der Waals surface area contributed by atoms with E-state index in [-0.39, 0.29) is 5.75 Å². The van der Waals surface area contributed by atoms with Crippen LogP contribution in [0.4, 0.5) is 5.69 Å². The van der Waals surface area contributed by atoms with Crippen LogP contribution in [0, 0.1) is 0 Å². The molecule has 0 aliphatic rings. The molecule has 0 fully saturated rings. The summed E-state index contributed by atoms with van der Waals surface area (Å²) >= 11 is 3.18. The van der Waals surface area contributed by atoms with Crippen molar-refractivity contribution in [1.29, 1.82) is 0 Å². The normalized spacial score (nSPS) is 15.1. The van der Waals surface area contributed by atoms with Crippen molar-refractivity contribution in [2.45, 2.75) is 0 Å². The minimum Gasteiger partial charge on any atom is -0.497 e. The van der Waals surface area contributed by atoms with Crippen LogP contribution in [0.3, 0.4) is 0 Å². The Morgan fingerprint density at radius 2 is 2.40 bits per heavy atom. The lowest BCUT2D eigenvalue weighted by Gasteiger charge is -2.00. The van der Waals surface area contributed by atoms with Gasteiger partial charge < -0.3 is 10.5 Å². The Bertz CT molecular complexity index is 293. The monoisotopic (exact) mass is 204 g/mol. The van der Waals surface area contributed by atoms with E-state index in [1.54, 1.807) is 12.1 Å². The fourth-order valence-electron chi connectivity index (χ4n) is 0.643. The number of anilines is 1. The minimum atomic E-state index is -2.44. The zero-order valence-electron chi connectivity index (χ0n) is 8.10. The fraction of sp³-hybridized carbons (Fsp3) is 0.143. The first-order chi connectivity index (χ1) is 5.87. The zero-order chi connectivity index (χ0) is 10.1. The van der Waals surface area contributed by atoms with Crippen LogP contribution in [0.15, 0.2) is 22.7 Å². The van der Waals surface area contributed by atoms with E-state index in [1.807, 2.05) is 0 Å². The number of nitrogens with two attached hydrogens (primary N) is 1. The van der Waals surface area contributed by atoms with E-state index < -0.39 is 7.04 Å². The van der Waals surface area contributed by atoms with E-state index in [4.69, 9.17) is 9.85 Å². The largest absolute Gasteiger partial charge is 0.497 e. The molecule has 0 saturated heterocycles. The van der Waals surface area contributed by atoms with Crippen molar-refractivity contribution in [3.8, 4) is 5.75 Å². The summed E-state index contributed by atoms with van der Waals surface area (Å²) < 4.78 is 25.9. The lowest BCUT2D eigenvalue weighted by molar-refractivity contribution is 0.415. The topological polar surface area (TPSA) is 35.2 Å². The van der Waals surface area contributed by atoms with Gasteiger partial charge >= 0.3 is 0 Å². The molecule has 0 aromatic heterocycles. The number of methoxy groups -OCH3 is 1. The van der Waals surface area contributed by atoms with Gasteiger partial charge in [0.05, 0.1) is 11.2 Å². The lowest BCUT2D eigenvalue weighted by atomic mass is 10.3. The number of nitrogen functional groups attached to an aromatic ring is 1. The van der Waals surface area contributed by atoms with Crippen LogP contribution in [-0.4, -0.2) is 7.04 Å². The third-order valence-electron chi connectivity index (χ3n) is 1.01. The van der Waals surface area contributed by atoms with Crippen molar-refractivity contribution in [3.05, 3.63) is 22.7 Å². The highest BCUT2D eigenvalue weighted by Gasteiger charge is 1.94. The van der Waals surface area contributed by atoms with Gasteiger partial charge in [-0.25, -0.2) is 0 Å². The van der Waals surface area contributed by atoms with Crippen LogP contribution in [0.2, 0.25) is 0 Å². The van der Waals surface area contributed by atoms with Gasteiger partial charge in [-0.3, -0.25) is 0 Å². The second-order valence-corrected chi connectivity index (χ2v) is 2.74. The van der Waals surface area contributed by atoms with Gasteiger partial charge in [0.25, 0.3) is 0 Å². The molecule has 0 unspecified atom stereocenters. The smallest absolute Gasteiger partial charge is 0.122 e. The molecule has 0 amide bonds. The van der Waals surface area contributed by atoms with Gasteiger partial charge in [-0.1, -0.05) is 15.9 Å². The van der Waals surface area contributed by atoms with Gasteiger partial charge in [0, 0.05) is 16.2 Å². The summed E-state index contributed by atoms with van der Waals surface area (Å²) in [6.07, 6.45) is 0. The van der Waals surface area contributed by atoms with Crippen LogP contribution >= 0.6 is 15.9 Å². The highest BCUT2D eigenvalue weighted by Crippen LogP contribution is 2.21. The quantitative estimate of drug-likeness (QED) is 0.712. The van der Waals surface area contributed by atoms with Gasteiger partial charge in [-0.15, -0.1) is 0 Å². The van der Waals surface area contributed by atoms with Gasteiger partial charge in [0.1, 0.15) is 5.75 Å².